The van der Waals surface area contributed by atoms with Crippen LogP contribution in [0.3, 0.4) is 0 Å². The summed E-state index contributed by atoms with van der Waals surface area (Å²) in [6.07, 6.45) is 5.89. The first-order valence-corrected chi connectivity index (χ1v) is 8.92. The molecule has 3 aromatic rings. The molecule has 1 heterocycles. The first kappa shape index (κ1) is 17.7. The number of rotatable bonds is 7. The van der Waals surface area contributed by atoms with Crippen LogP contribution in [0.25, 0.3) is 0 Å². The van der Waals surface area contributed by atoms with E-state index in [1.165, 1.54) is 11.1 Å². The first-order chi connectivity index (χ1) is 12.7. The zero-order valence-corrected chi connectivity index (χ0v) is 15.0. The van der Waals surface area contributed by atoms with Crippen LogP contribution in [-0.4, -0.2) is 15.8 Å². The fraction of sp³-hybridized carbons (Fsp3) is 0.238. The molecule has 2 aromatic carbocycles. The Balaban J connectivity index is 1.46. The van der Waals surface area contributed by atoms with Crippen molar-refractivity contribution >= 4 is 11.7 Å². The summed E-state index contributed by atoms with van der Waals surface area (Å²) in [6, 6.07) is 17.9. The van der Waals surface area contributed by atoms with Gasteiger partial charge in [-0.15, -0.1) is 0 Å². The Hall–Kier alpha value is -3.08. The van der Waals surface area contributed by atoms with Crippen LogP contribution in [0.4, 0.5) is 10.5 Å². The number of aryl methyl sites for hydroxylation is 1. The third-order valence-electron chi connectivity index (χ3n) is 4.13. The van der Waals surface area contributed by atoms with Crippen LogP contribution in [0, 0.1) is 0 Å². The van der Waals surface area contributed by atoms with Crippen LogP contribution in [-0.2, 0) is 19.5 Å². The Labute approximate surface area is 154 Å². The molecule has 134 valence electrons. The maximum Gasteiger partial charge on any atom is 0.319 e. The lowest BCUT2D eigenvalue weighted by atomic mass is 10.1. The number of hydrogen-bond donors (Lipinski definition) is 2. The molecule has 0 unspecified atom stereocenters. The predicted octanol–water partition coefficient (Wildman–Crippen LogP) is 4.21. The molecule has 2 N–H and O–H groups in total. The van der Waals surface area contributed by atoms with E-state index in [0.717, 1.165) is 30.6 Å². The summed E-state index contributed by atoms with van der Waals surface area (Å²) in [6.45, 7) is 3.39. The molecule has 3 rings (SSSR count). The maximum atomic E-state index is 12.0. The molecule has 0 aliphatic heterocycles. The highest BCUT2D eigenvalue weighted by Crippen LogP contribution is 2.11. The minimum Gasteiger partial charge on any atom is -0.334 e. The van der Waals surface area contributed by atoms with Crippen molar-refractivity contribution in [3.8, 4) is 0 Å². The lowest BCUT2D eigenvalue weighted by Gasteiger charge is -2.09. The second kappa shape index (κ2) is 8.85. The van der Waals surface area contributed by atoms with Gasteiger partial charge in [-0.25, -0.2) is 4.79 Å². The van der Waals surface area contributed by atoms with Crippen LogP contribution < -0.4 is 10.6 Å². The van der Waals surface area contributed by atoms with E-state index in [-0.39, 0.29) is 6.03 Å². The number of carbonyl (C=O) groups excluding carboxylic acids is 1. The first-order valence-electron chi connectivity index (χ1n) is 8.92. The second-order valence-corrected chi connectivity index (χ2v) is 6.27. The lowest BCUT2D eigenvalue weighted by molar-refractivity contribution is 0.251. The number of hydrogen-bond acceptors (Lipinski definition) is 2. The van der Waals surface area contributed by atoms with Gasteiger partial charge in [-0.3, -0.25) is 4.68 Å². The van der Waals surface area contributed by atoms with Crippen LogP contribution in [0.5, 0.6) is 0 Å². The number of aromatic nitrogens is 2. The van der Waals surface area contributed by atoms with Crippen molar-refractivity contribution in [2.24, 2.45) is 0 Å². The third-order valence-corrected chi connectivity index (χ3v) is 4.13. The largest absolute Gasteiger partial charge is 0.334 e. The number of amides is 2. The Bertz CT molecular complexity index is 808. The Morgan fingerprint density at radius 1 is 1.00 bits per heavy atom. The fourth-order valence-electron chi connectivity index (χ4n) is 2.74. The number of nitrogens with one attached hydrogen (secondary N) is 2. The Morgan fingerprint density at radius 2 is 1.69 bits per heavy atom. The molecule has 0 bridgehead atoms. The van der Waals surface area contributed by atoms with Crippen LogP contribution in [0.1, 0.15) is 30.0 Å². The molecule has 0 fully saturated rings. The molecule has 26 heavy (non-hydrogen) atoms. The van der Waals surface area contributed by atoms with E-state index in [1.54, 1.807) is 6.20 Å². The van der Waals surface area contributed by atoms with Gasteiger partial charge in [0, 0.05) is 24.6 Å². The second-order valence-electron chi connectivity index (χ2n) is 6.27. The van der Waals surface area contributed by atoms with Crippen molar-refractivity contribution in [1.82, 2.24) is 15.1 Å². The molecule has 0 saturated carbocycles. The van der Waals surface area contributed by atoms with Crippen molar-refractivity contribution in [3.63, 3.8) is 0 Å². The van der Waals surface area contributed by atoms with Gasteiger partial charge in [-0.2, -0.15) is 5.10 Å². The molecule has 2 amide bonds. The van der Waals surface area contributed by atoms with E-state index in [2.05, 4.69) is 46.9 Å². The van der Waals surface area contributed by atoms with Crippen molar-refractivity contribution < 1.29 is 4.79 Å². The predicted molar refractivity (Wildman–Crippen MR) is 104 cm³/mol. The SMILES string of the molecule is CCCc1ccc(NC(=O)NCc2ccc(Cn3cccn3)cc2)cc1. The normalized spacial score (nSPS) is 10.5. The zero-order chi connectivity index (χ0) is 18.2. The van der Waals surface area contributed by atoms with Gasteiger partial charge in [0.05, 0.1) is 6.54 Å². The monoisotopic (exact) mass is 348 g/mol. The number of anilines is 1. The molecule has 0 radical (unpaired) electrons. The molecular weight excluding hydrogens is 324 g/mol. The highest BCUT2D eigenvalue weighted by Gasteiger charge is 2.03. The average molecular weight is 348 g/mol. The highest BCUT2D eigenvalue weighted by atomic mass is 16.2. The summed E-state index contributed by atoms with van der Waals surface area (Å²) < 4.78 is 1.88. The third kappa shape index (κ3) is 5.21. The Morgan fingerprint density at radius 3 is 2.35 bits per heavy atom. The molecule has 5 heteroatoms. The molecule has 0 aliphatic carbocycles. The van der Waals surface area contributed by atoms with Gasteiger partial charge in [0.15, 0.2) is 0 Å². The van der Waals surface area contributed by atoms with Gasteiger partial charge in [-0.05, 0) is 41.3 Å². The van der Waals surface area contributed by atoms with Crippen molar-refractivity contribution in [2.75, 3.05) is 5.32 Å². The van der Waals surface area contributed by atoms with Gasteiger partial charge in [0.1, 0.15) is 0 Å². The number of nitrogens with zero attached hydrogens (tertiary/aromatic N) is 2. The molecule has 1 aromatic heterocycles. The van der Waals surface area contributed by atoms with E-state index in [4.69, 9.17) is 0 Å². The van der Waals surface area contributed by atoms with Crippen LogP contribution >= 0.6 is 0 Å². The van der Waals surface area contributed by atoms with Crippen molar-refractivity contribution in [3.05, 3.63) is 83.7 Å². The molecule has 5 nitrogen and oxygen atoms in total. The zero-order valence-electron chi connectivity index (χ0n) is 15.0. The number of carbonyl (C=O) groups is 1. The van der Waals surface area contributed by atoms with Gasteiger partial charge in [0.25, 0.3) is 0 Å². The summed E-state index contributed by atoms with van der Waals surface area (Å²) in [7, 11) is 0. The maximum absolute atomic E-state index is 12.0. The Kier molecular flexibility index (Phi) is 6.04. The van der Waals surface area contributed by atoms with E-state index in [0.29, 0.717) is 6.54 Å². The summed E-state index contributed by atoms with van der Waals surface area (Å²) in [5.41, 5.74) is 4.32. The van der Waals surface area contributed by atoms with Gasteiger partial charge in [0.2, 0.25) is 0 Å². The van der Waals surface area contributed by atoms with Crippen LogP contribution in [0.15, 0.2) is 67.0 Å². The highest BCUT2D eigenvalue weighted by molar-refractivity contribution is 5.89. The molecule has 0 saturated heterocycles. The lowest BCUT2D eigenvalue weighted by Crippen LogP contribution is -2.28. The fourth-order valence-corrected chi connectivity index (χ4v) is 2.74. The molecular formula is C21H24N4O. The summed E-state index contributed by atoms with van der Waals surface area (Å²) in [5.74, 6) is 0. The minimum atomic E-state index is -0.200. The quantitative estimate of drug-likeness (QED) is 0.672. The summed E-state index contributed by atoms with van der Waals surface area (Å²) in [4.78, 5) is 12.0. The molecule has 0 aliphatic rings. The minimum absolute atomic E-state index is 0.200. The van der Waals surface area contributed by atoms with E-state index in [1.807, 2.05) is 41.2 Å². The summed E-state index contributed by atoms with van der Waals surface area (Å²) in [5, 5.41) is 9.95. The molecule has 0 atom stereocenters. The van der Waals surface area contributed by atoms with Crippen molar-refractivity contribution in [1.29, 1.82) is 0 Å². The van der Waals surface area contributed by atoms with E-state index < -0.39 is 0 Å². The van der Waals surface area contributed by atoms with Gasteiger partial charge < -0.3 is 10.6 Å². The van der Waals surface area contributed by atoms with Gasteiger partial charge >= 0.3 is 6.03 Å². The van der Waals surface area contributed by atoms with Gasteiger partial charge in [-0.1, -0.05) is 49.7 Å². The summed E-state index contributed by atoms with van der Waals surface area (Å²) >= 11 is 0. The average Bonchev–Trinajstić information content (AvgIpc) is 3.16. The number of urea groups is 1. The van der Waals surface area contributed by atoms with Crippen LogP contribution in [0.2, 0.25) is 0 Å². The van der Waals surface area contributed by atoms with E-state index in [9.17, 15) is 4.79 Å². The topological polar surface area (TPSA) is 59.0 Å². The van der Waals surface area contributed by atoms with Crippen molar-refractivity contribution in [2.45, 2.75) is 32.9 Å². The standard InChI is InChI=1S/C21H24N4O/c1-2-4-17-9-11-20(12-10-17)24-21(26)22-15-18-5-7-19(8-6-18)16-25-14-3-13-23-25/h3,5-14H,2,4,15-16H2,1H3,(H2,22,24,26). The smallest absolute Gasteiger partial charge is 0.319 e. The van der Waals surface area contributed by atoms with E-state index >= 15 is 0 Å². The molecule has 0 spiro atoms. The number of benzene rings is 2.